The van der Waals surface area contributed by atoms with Gasteiger partial charge in [-0.05, 0) is 56.6 Å². The van der Waals surface area contributed by atoms with E-state index in [0.717, 1.165) is 18.0 Å². The molecule has 3 heteroatoms. The molecule has 0 radical (unpaired) electrons. The highest BCUT2D eigenvalue weighted by molar-refractivity contribution is 7.98. The molecule has 0 aromatic heterocycles. The Bertz CT molecular complexity index is 231. The van der Waals surface area contributed by atoms with Crippen molar-refractivity contribution in [2.45, 2.75) is 57.5 Å². The van der Waals surface area contributed by atoms with Gasteiger partial charge in [-0.25, -0.2) is 0 Å². The van der Waals surface area contributed by atoms with Crippen molar-refractivity contribution in [3.63, 3.8) is 0 Å². The maximum Gasteiger partial charge on any atom is 0.0224 e. The minimum absolute atomic E-state index is 0.792. The van der Waals surface area contributed by atoms with Crippen LogP contribution in [0.25, 0.3) is 0 Å². The molecule has 0 aromatic carbocycles. The second-order valence-corrected chi connectivity index (χ2v) is 6.95. The molecule has 106 valence electrons. The third-order valence-electron chi connectivity index (χ3n) is 4.52. The van der Waals surface area contributed by atoms with E-state index in [1.165, 1.54) is 63.9 Å². The molecule has 1 saturated heterocycles. The molecule has 18 heavy (non-hydrogen) atoms. The van der Waals surface area contributed by atoms with Gasteiger partial charge >= 0.3 is 0 Å². The Balaban J connectivity index is 1.68. The molecule has 0 spiro atoms. The molecule has 2 atom stereocenters. The Kier molecular flexibility index (Phi) is 6.33. The van der Waals surface area contributed by atoms with E-state index >= 15 is 0 Å². The van der Waals surface area contributed by atoms with Gasteiger partial charge in [-0.15, -0.1) is 0 Å². The van der Waals surface area contributed by atoms with Gasteiger partial charge in [0, 0.05) is 25.2 Å². The number of unbranched alkanes of at least 4 members (excludes halogenated alkanes) is 2. The molecule has 0 bridgehead atoms. The van der Waals surface area contributed by atoms with Crippen molar-refractivity contribution in [3.05, 3.63) is 0 Å². The van der Waals surface area contributed by atoms with Crippen molar-refractivity contribution in [3.8, 4) is 0 Å². The molecule has 1 heterocycles. The topological polar surface area (TPSA) is 15.3 Å². The van der Waals surface area contributed by atoms with E-state index in [2.05, 4.69) is 23.4 Å². The highest BCUT2D eigenvalue weighted by atomic mass is 32.2. The lowest BCUT2D eigenvalue weighted by Gasteiger charge is -2.40. The molecular weight excluding hydrogens is 240 g/mol. The highest BCUT2D eigenvalue weighted by Crippen LogP contribution is 2.34. The van der Waals surface area contributed by atoms with Gasteiger partial charge in [0.25, 0.3) is 0 Å². The molecular formula is C15H30N2S. The van der Waals surface area contributed by atoms with Crippen LogP contribution in [0.1, 0.15) is 45.4 Å². The van der Waals surface area contributed by atoms with Crippen LogP contribution in [0.5, 0.6) is 0 Å². The summed E-state index contributed by atoms with van der Waals surface area (Å²) >= 11 is 1.98. The van der Waals surface area contributed by atoms with E-state index in [1.807, 2.05) is 11.8 Å². The Hall–Kier alpha value is 0.270. The predicted octanol–water partition coefficient (Wildman–Crippen LogP) is 2.98. The lowest BCUT2D eigenvalue weighted by molar-refractivity contribution is 0.117. The maximum absolute atomic E-state index is 3.78. The molecule has 2 nitrogen and oxygen atoms in total. The zero-order chi connectivity index (χ0) is 12.8. The Morgan fingerprint density at radius 2 is 2.06 bits per heavy atom. The zero-order valence-corrected chi connectivity index (χ0v) is 13.0. The first kappa shape index (κ1) is 14.7. The summed E-state index contributed by atoms with van der Waals surface area (Å²) in [6.45, 7) is 6.20. The third-order valence-corrected chi connectivity index (χ3v) is 5.22. The standard InChI is InChI=1S/C15H30N2S/c1-3-14-11-16-15(13-7-8-13)12-17(14)9-5-4-6-10-18-2/h13-16H,3-12H2,1-2H3. The predicted molar refractivity (Wildman–Crippen MR) is 82.4 cm³/mol. The Labute approximate surface area is 117 Å². The largest absolute Gasteiger partial charge is 0.311 e. The van der Waals surface area contributed by atoms with Crippen molar-refractivity contribution in [1.82, 2.24) is 10.2 Å². The lowest BCUT2D eigenvalue weighted by atomic mass is 10.0. The molecule has 1 N–H and O–H groups in total. The van der Waals surface area contributed by atoms with Crippen molar-refractivity contribution in [2.24, 2.45) is 5.92 Å². The summed E-state index contributed by atoms with van der Waals surface area (Å²) in [5.74, 6) is 2.34. The first-order valence-corrected chi connectivity index (χ1v) is 9.21. The van der Waals surface area contributed by atoms with Gasteiger partial charge in [0.15, 0.2) is 0 Å². The van der Waals surface area contributed by atoms with Crippen molar-refractivity contribution < 1.29 is 0 Å². The van der Waals surface area contributed by atoms with E-state index in [-0.39, 0.29) is 0 Å². The first-order valence-electron chi connectivity index (χ1n) is 7.81. The van der Waals surface area contributed by atoms with Crippen LogP contribution in [-0.2, 0) is 0 Å². The fraction of sp³-hybridized carbons (Fsp3) is 1.00. The van der Waals surface area contributed by atoms with Crippen LogP contribution in [0, 0.1) is 5.92 Å². The number of nitrogens with zero attached hydrogens (tertiary/aromatic N) is 1. The van der Waals surface area contributed by atoms with Gasteiger partial charge in [-0.1, -0.05) is 13.3 Å². The van der Waals surface area contributed by atoms with E-state index < -0.39 is 0 Å². The summed E-state index contributed by atoms with van der Waals surface area (Å²) in [6.07, 6.45) is 10.7. The summed E-state index contributed by atoms with van der Waals surface area (Å²) in [5.41, 5.74) is 0. The van der Waals surface area contributed by atoms with E-state index in [1.54, 1.807) is 0 Å². The number of nitrogens with one attached hydrogen (secondary N) is 1. The first-order chi connectivity index (χ1) is 8.85. The van der Waals surface area contributed by atoms with Crippen LogP contribution in [0.15, 0.2) is 0 Å². The van der Waals surface area contributed by atoms with Gasteiger partial charge < -0.3 is 5.32 Å². The number of hydrogen-bond donors (Lipinski definition) is 1. The van der Waals surface area contributed by atoms with Gasteiger partial charge in [0.2, 0.25) is 0 Å². The quantitative estimate of drug-likeness (QED) is 0.683. The zero-order valence-electron chi connectivity index (χ0n) is 12.2. The average Bonchev–Trinajstić information content (AvgIpc) is 3.22. The van der Waals surface area contributed by atoms with Crippen LogP contribution < -0.4 is 5.32 Å². The van der Waals surface area contributed by atoms with Gasteiger partial charge in [0.05, 0.1) is 0 Å². The van der Waals surface area contributed by atoms with Crippen molar-refractivity contribution >= 4 is 11.8 Å². The SMILES string of the molecule is CCC1CNC(C2CC2)CN1CCCCCSC. The van der Waals surface area contributed by atoms with Gasteiger partial charge in [-0.2, -0.15) is 11.8 Å². The molecule has 2 unspecified atom stereocenters. The minimum Gasteiger partial charge on any atom is -0.311 e. The molecule has 1 aliphatic carbocycles. The third kappa shape index (κ3) is 4.43. The normalized spacial score (nSPS) is 29.7. The van der Waals surface area contributed by atoms with Crippen molar-refractivity contribution in [1.29, 1.82) is 0 Å². The Morgan fingerprint density at radius 1 is 1.22 bits per heavy atom. The number of hydrogen-bond acceptors (Lipinski definition) is 3. The van der Waals surface area contributed by atoms with E-state index in [4.69, 9.17) is 0 Å². The van der Waals surface area contributed by atoms with E-state index in [9.17, 15) is 0 Å². The monoisotopic (exact) mass is 270 g/mol. The smallest absolute Gasteiger partial charge is 0.0224 e. The fourth-order valence-corrected chi connectivity index (χ4v) is 3.60. The minimum atomic E-state index is 0.792. The van der Waals surface area contributed by atoms with Gasteiger partial charge in [-0.3, -0.25) is 4.90 Å². The fourth-order valence-electron chi connectivity index (χ4n) is 3.11. The summed E-state index contributed by atoms with van der Waals surface area (Å²) in [4.78, 5) is 2.78. The molecule has 1 saturated carbocycles. The lowest BCUT2D eigenvalue weighted by Crippen LogP contribution is -2.57. The number of piperazine rings is 1. The molecule has 2 fully saturated rings. The van der Waals surface area contributed by atoms with Crippen LogP contribution in [-0.4, -0.2) is 48.6 Å². The van der Waals surface area contributed by atoms with Crippen LogP contribution in [0.4, 0.5) is 0 Å². The van der Waals surface area contributed by atoms with Crippen LogP contribution >= 0.6 is 11.8 Å². The van der Waals surface area contributed by atoms with Gasteiger partial charge in [0.1, 0.15) is 0 Å². The summed E-state index contributed by atoms with van der Waals surface area (Å²) in [7, 11) is 0. The van der Waals surface area contributed by atoms with E-state index in [0.29, 0.717) is 0 Å². The summed E-state index contributed by atoms with van der Waals surface area (Å²) in [5, 5.41) is 3.78. The molecule has 2 aliphatic rings. The molecule has 2 rings (SSSR count). The van der Waals surface area contributed by atoms with Crippen LogP contribution in [0.2, 0.25) is 0 Å². The average molecular weight is 270 g/mol. The maximum atomic E-state index is 3.78. The second kappa shape index (κ2) is 7.76. The van der Waals surface area contributed by atoms with Crippen LogP contribution in [0.3, 0.4) is 0 Å². The molecule has 0 amide bonds. The molecule has 1 aliphatic heterocycles. The number of rotatable bonds is 8. The molecule has 0 aromatic rings. The Morgan fingerprint density at radius 3 is 2.72 bits per heavy atom. The second-order valence-electron chi connectivity index (χ2n) is 5.96. The highest BCUT2D eigenvalue weighted by Gasteiger charge is 2.36. The summed E-state index contributed by atoms with van der Waals surface area (Å²) < 4.78 is 0. The summed E-state index contributed by atoms with van der Waals surface area (Å²) in [6, 6.07) is 1.60. The number of thioether (sulfide) groups is 1. The van der Waals surface area contributed by atoms with Crippen molar-refractivity contribution in [2.75, 3.05) is 31.6 Å².